The van der Waals surface area contributed by atoms with Gasteiger partial charge >= 0.3 is 5.97 Å². The van der Waals surface area contributed by atoms with Crippen LogP contribution in [0.1, 0.15) is 40.7 Å². The molecule has 9 heteroatoms. The first-order chi connectivity index (χ1) is 20.1. The summed E-state index contributed by atoms with van der Waals surface area (Å²) in [5, 5.41) is 2.62. The largest absolute Gasteiger partial charge is 0.461 e. The number of sulfonamides is 1. The predicted octanol–water partition coefficient (Wildman–Crippen LogP) is 4.92. The average Bonchev–Trinajstić information content (AvgIpc) is 2.95. The molecule has 0 unspecified atom stereocenters. The van der Waals surface area contributed by atoms with Crippen LogP contribution in [0.15, 0.2) is 89.8 Å². The number of aryl methyl sites for hydroxylation is 3. The van der Waals surface area contributed by atoms with E-state index in [0.29, 0.717) is 17.7 Å². The molecule has 2 atom stereocenters. The summed E-state index contributed by atoms with van der Waals surface area (Å²) in [5.41, 5.74) is 4.08. The van der Waals surface area contributed by atoms with Gasteiger partial charge in [0, 0.05) is 13.5 Å². The Morgan fingerprint density at radius 2 is 1.43 bits per heavy atom. The molecule has 3 rings (SSSR count). The molecule has 1 amide bonds. The van der Waals surface area contributed by atoms with E-state index in [2.05, 4.69) is 10.0 Å². The van der Waals surface area contributed by atoms with E-state index in [-0.39, 0.29) is 36.9 Å². The van der Waals surface area contributed by atoms with Crippen molar-refractivity contribution in [2.45, 2.75) is 57.8 Å². The molecular formula is C33H40N2O6S. The van der Waals surface area contributed by atoms with Gasteiger partial charge in [-0.2, -0.15) is 0 Å². The van der Waals surface area contributed by atoms with Gasteiger partial charge in [0.25, 0.3) is 0 Å². The highest BCUT2D eigenvalue weighted by atomic mass is 32.2. The number of carbonyl (C=O) groups excluding carboxylic acids is 2. The van der Waals surface area contributed by atoms with Crippen molar-refractivity contribution in [1.82, 2.24) is 10.0 Å². The Balaban J connectivity index is 1.74. The average molecular weight is 593 g/mol. The van der Waals surface area contributed by atoms with E-state index in [1.165, 1.54) is 7.05 Å². The first kappa shape index (κ1) is 32.7. The topological polar surface area (TPSA) is 111 Å². The molecule has 0 saturated heterocycles. The predicted molar refractivity (Wildman–Crippen MR) is 163 cm³/mol. The van der Waals surface area contributed by atoms with Crippen LogP contribution >= 0.6 is 0 Å². The van der Waals surface area contributed by atoms with Crippen molar-refractivity contribution >= 4 is 21.9 Å². The number of ether oxygens (including phenoxy) is 2. The molecule has 0 heterocycles. The standard InChI is InChI=1S/C33H40N2O6S/c1-24-19-25(2)32(26(3)20-24)42(38,39)35-30(23-40-21-27-11-7-5-8-12-27)17-15-29(33(37)34-4)16-18-31(36)41-22-28-13-9-6-10-14-28/h5-15,17,19-20,29-30,35H,16,18,21-23H2,1-4H3,(H,34,37)/b17-15+/t29-,30-/m1/s1. The highest BCUT2D eigenvalue weighted by Crippen LogP contribution is 2.22. The van der Waals surface area contributed by atoms with Gasteiger partial charge < -0.3 is 14.8 Å². The lowest BCUT2D eigenvalue weighted by molar-refractivity contribution is -0.145. The normalized spacial score (nSPS) is 13.0. The number of amides is 1. The molecule has 0 radical (unpaired) electrons. The number of benzene rings is 3. The van der Waals surface area contributed by atoms with Crippen LogP contribution in [0.2, 0.25) is 0 Å². The Morgan fingerprint density at radius 1 is 0.857 bits per heavy atom. The van der Waals surface area contributed by atoms with E-state index >= 15 is 0 Å². The van der Waals surface area contributed by atoms with E-state index in [1.807, 2.05) is 79.7 Å². The Morgan fingerprint density at radius 3 is 2.00 bits per heavy atom. The second-order valence-electron chi connectivity index (χ2n) is 10.2. The number of carbonyl (C=O) groups is 2. The lowest BCUT2D eigenvalue weighted by Crippen LogP contribution is -2.38. The molecule has 0 bridgehead atoms. The molecule has 42 heavy (non-hydrogen) atoms. The van der Waals surface area contributed by atoms with Gasteiger partial charge in [-0.3, -0.25) is 9.59 Å². The van der Waals surface area contributed by atoms with Crippen molar-refractivity contribution < 1.29 is 27.5 Å². The zero-order chi connectivity index (χ0) is 30.5. The third kappa shape index (κ3) is 10.2. The molecule has 0 aliphatic rings. The Kier molecular flexibility index (Phi) is 12.5. The number of nitrogens with one attached hydrogen (secondary N) is 2. The highest BCUT2D eigenvalue weighted by molar-refractivity contribution is 7.89. The highest BCUT2D eigenvalue weighted by Gasteiger charge is 2.24. The van der Waals surface area contributed by atoms with Crippen molar-refractivity contribution in [2.75, 3.05) is 13.7 Å². The lowest BCUT2D eigenvalue weighted by Gasteiger charge is -2.19. The molecule has 0 fully saturated rings. The second kappa shape index (κ2) is 16.0. The van der Waals surface area contributed by atoms with Crippen molar-refractivity contribution in [1.29, 1.82) is 0 Å². The maximum atomic E-state index is 13.5. The molecule has 0 aliphatic carbocycles. The molecule has 224 valence electrons. The zero-order valence-corrected chi connectivity index (χ0v) is 25.4. The summed E-state index contributed by atoms with van der Waals surface area (Å²) in [6.07, 6.45) is 3.47. The summed E-state index contributed by atoms with van der Waals surface area (Å²) in [4.78, 5) is 25.3. The zero-order valence-electron chi connectivity index (χ0n) is 24.6. The summed E-state index contributed by atoms with van der Waals surface area (Å²) < 4.78 is 41.0. The first-order valence-electron chi connectivity index (χ1n) is 13.9. The van der Waals surface area contributed by atoms with Crippen LogP contribution in [-0.2, 0) is 42.3 Å². The molecule has 8 nitrogen and oxygen atoms in total. The smallest absolute Gasteiger partial charge is 0.306 e. The molecule has 0 aromatic heterocycles. The summed E-state index contributed by atoms with van der Waals surface area (Å²) in [6, 6.07) is 21.8. The Bertz CT molecular complexity index is 1430. The van der Waals surface area contributed by atoms with Gasteiger partial charge in [-0.05, 0) is 49.4 Å². The van der Waals surface area contributed by atoms with Crippen LogP contribution in [-0.4, -0.2) is 40.0 Å². The minimum atomic E-state index is -3.92. The van der Waals surface area contributed by atoms with Crippen LogP contribution < -0.4 is 10.0 Å². The molecule has 0 aliphatic heterocycles. The second-order valence-corrected chi connectivity index (χ2v) is 11.9. The van der Waals surface area contributed by atoms with Crippen molar-refractivity contribution in [3.05, 3.63) is 113 Å². The first-order valence-corrected chi connectivity index (χ1v) is 15.4. The maximum absolute atomic E-state index is 13.5. The third-order valence-corrected chi connectivity index (χ3v) is 8.44. The quantitative estimate of drug-likeness (QED) is 0.192. The number of hydrogen-bond donors (Lipinski definition) is 2. The summed E-state index contributed by atoms with van der Waals surface area (Å²) in [5.74, 6) is -1.39. The van der Waals surface area contributed by atoms with E-state index < -0.39 is 28.0 Å². The van der Waals surface area contributed by atoms with Crippen LogP contribution in [0.4, 0.5) is 0 Å². The lowest BCUT2D eigenvalue weighted by atomic mass is 10.0. The summed E-state index contributed by atoms with van der Waals surface area (Å²) in [7, 11) is -2.40. The minimum absolute atomic E-state index is 0.0257. The van der Waals surface area contributed by atoms with Crippen LogP contribution in [0.5, 0.6) is 0 Å². The minimum Gasteiger partial charge on any atom is -0.461 e. The molecular weight excluding hydrogens is 552 g/mol. The number of rotatable bonds is 15. The van der Waals surface area contributed by atoms with Gasteiger partial charge in [-0.1, -0.05) is 90.5 Å². The fourth-order valence-electron chi connectivity index (χ4n) is 4.71. The molecule has 0 saturated carbocycles. The van der Waals surface area contributed by atoms with Gasteiger partial charge in [0.2, 0.25) is 15.9 Å². The van der Waals surface area contributed by atoms with Crippen molar-refractivity contribution in [3.8, 4) is 0 Å². The van der Waals surface area contributed by atoms with E-state index in [1.54, 1.807) is 26.0 Å². The molecule has 2 N–H and O–H groups in total. The van der Waals surface area contributed by atoms with Gasteiger partial charge in [0.15, 0.2) is 0 Å². The van der Waals surface area contributed by atoms with E-state index in [0.717, 1.165) is 16.7 Å². The van der Waals surface area contributed by atoms with Crippen LogP contribution in [0.3, 0.4) is 0 Å². The van der Waals surface area contributed by atoms with Crippen LogP contribution in [0, 0.1) is 26.7 Å². The number of esters is 1. The number of hydrogen-bond acceptors (Lipinski definition) is 6. The van der Waals surface area contributed by atoms with Gasteiger partial charge in [0.1, 0.15) is 6.61 Å². The SMILES string of the molecule is CNC(=O)[C@H](/C=C/[C@H](COCc1ccccc1)NS(=O)(=O)c1c(C)cc(C)cc1C)CCC(=O)OCc1ccccc1. The molecule has 3 aromatic carbocycles. The summed E-state index contributed by atoms with van der Waals surface area (Å²) >= 11 is 0. The summed E-state index contributed by atoms with van der Waals surface area (Å²) in [6.45, 7) is 5.94. The van der Waals surface area contributed by atoms with E-state index in [9.17, 15) is 18.0 Å². The monoisotopic (exact) mass is 592 g/mol. The van der Waals surface area contributed by atoms with Crippen LogP contribution in [0.25, 0.3) is 0 Å². The van der Waals surface area contributed by atoms with Gasteiger partial charge in [-0.25, -0.2) is 13.1 Å². The Labute approximate surface area is 249 Å². The maximum Gasteiger partial charge on any atom is 0.306 e. The van der Waals surface area contributed by atoms with Gasteiger partial charge in [-0.15, -0.1) is 0 Å². The fourth-order valence-corrected chi connectivity index (χ4v) is 6.34. The fraction of sp³-hybridized carbons (Fsp3) is 0.333. The Hall–Kier alpha value is -3.79. The molecule has 3 aromatic rings. The van der Waals surface area contributed by atoms with E-state index in [4.69, 9.17) is 9.47 Å². The molecule has 0 spiro atoms. The third-order valence-electron chi connectivity index (χ3n) is 6.65. The van der Waals surface area contributed by atoms with Gasteiger partial charge in [0.05, 0.1) is 30.1 Å². The van der Waals surface area contributed by atoms with Crippen molar-refractivity contribution in [2.24, 2.45) is 5.92 Å². The van der Waals surface area contributed by atoms with Crippen molar-refractivity contribution in [3.63, 3.8) is 0 Å².